The van der Waals surface area contributed by atoms with Crippen LogP contribution in [-0.2, 0) is 12.1 Å². The average molecular weight is 432 g/mol. The third kappa shape index (κ3) is 3.56. The van der Waals surface area contributed by atoms with Crippen LogP contribution >= 0.6 is 0 Å². The lowest BCUT2D eigenvalue weighted by Crippen LogP contribution is -2.24. The molecular formula is C23H21FN6O2. The summed E-state index contributed by atoms with van der Waals surface area (Å²) in [5.74, 6) is 0.294. The zero-order valence-corrected chi connectivity index (χ0v) is 17.4. The molecule has 5 rings (SSSR count). The Morgan fingerprint density at radius 2 is 2.00 bits per heavy atom. The Balaban J connectivity index is 1.71. The molecule has 0 radical (unpaired) electrons. The van der Waals surface area contributed by atoms with Gasteiger partial charge in [-0.3, -0.25) is 4.79 Å². The molecule has 0 spiro atoms. The minimum absolute atomic E-state index is 0.219. The number of aromatic nitrogens is 5. The topological polar surface area (TPSA) is 97.9 Å². The molecule has 1 aliphatic rings. The minimum atomic E-state index is -1.11. The first-order valence-corrected chi connectivity index (χ1v) is 10.3. The number of nitrogens with zero attached hydrogens (tertiary/aromatic N) is 5. The smallest absolute Gasteiger partial charge is 0.278 e. The number of anilines is 2. The normalized spacial score (nSPS) is 19.2. The van der Waals surface area contributed by atoms with Crippen molar-refractivity contribution in [3.63, 3.8) is 0 Å². The third-order valence-corrected chi connectivity index (χ3v) is 5.50. The molecule has 1 atom stereocenters. The van der Waals surface area contributed by atoms with Crippen molar-refractivity contribution >= 4 is 22.7 Å². The zero-order valence-electron chi connectivity index (χ0n) is 17.4. The Kier molecular flexibility index (Phi) is 4.82. The van der Waals surface area contributed by atoms with Crippen LogP contribution in [0, 0.1) is 5.82 Å². The Morgan fingerprint density at radius 1 is 1.16 bits per heavy atom. The van der Waals surface area contributed by atoms with Crippen LogP contribution < -0.4 is 10.9 Å². The van der Waals surface area contributed by atoms with Gasteiger partial charge in [0.15, 0.2) is 11.5 Å². The SMILES string of the molecule is C[C@@]1(O)CC/C=C\Cn2c(=O)c3cnc(Nc4cccc(F)c4)nc3n2-c2cccc1n2. The zero-order chi connectivity index (χ0) is 22.3. The Hall–Kier alpha value is -3.85. The standard InChI is InChI=1S/C23H21FN6O2/c1-23(32)11-3-2-4-12-29-21(31)17-14-25-22(26-16-8-5-7-15(24)13-16)28-20(17)30(29)19-10-6-9-18(23)27-19/h2,4-10,13-14,32H,3,11-12H2,1H3,(H,25,26,28)/b4-2-/t23-/m1/s1. The number of aliphatic hydroxyl groups is 1. The molecule has 2 bridgehead atoms. The molecule has 0 fully saturated rings. The van der Waals surface area contributed by atoms with Crippen molar-refractivity contribution in [3.05, 3.63) is 82.7 Å². The molecule has 0 unspecified atom stereocenters. The second-order valence-electron chi connectivity index (χ2n) is 7.93. The van der Waals surface area contributed by atoms with E-state index in [0.717, 1.165) is 0 Å². The third-order valence-electron chi connectivity index (χ3n) is 5.50. The Labute approximate surface area is 182 Å². The molecule has 32 heavy (non-hydrogen) atoms. The molecule has 3 aromatic heterocycles. The summed E-state index contributed by atoms with van der Waals surface area (Å²) in [5.41, 5.74) is -0.000281. The van der Waals surface area contributed by atoms with Gasteiger partial charge in [0.2, 0.25) is 5.95 Å². The molecule has 9 heteroatoms. The van der Waals surface area contributed by atoms with Gasteiger partial charge in [0.25, 0.3) is 5.56 Å². The van der Waals surface area contributed by atoms with Gasteiger partial charge in [-0.15, -0.1) is 0 Å². The van der Waals surface area contributed by atoms with E-state index in [2.05, 4.69) is 20.3 Å². The van der Waals surface area contributed by atoms with E-state index in [4.69, 9.17) is 0 Å². The summed E-state index contributed by atoms with van der Waals surface area (Å²) in [6, 6.07) is 11.3. The van der Waals surface area contributed by atoms with Gasteiger partial charge >= 0.3 is 0 Å². The molecule has 2 N–H and O–H groups in total. The number of halogens is 1. The van der Waals surface area contributed by atoms with Gasteiger partial charge in [0.1, 0.15) is 16.8 Å². The lowest BCUT2D eigenvalue weighted by molar-refractivity contribution is 0.0443. The summed E-state index contributed by atoms with van der Waals surface area (Å²) in [6.45, 7) is 2.05. The van der Waals surface area contributed by atoms with Crippen molar-refractivity contribution in [2.24, 2.45) is 0 Å². The fourth-order valence-corrected chi connectivity index (χ4v) is 3.81. The summed E-state index contributed by atoms with van der Waals surface area (Å²) in [6.07, 6.45) is 6.44. The number of pyridine rings is 1. The van der Waals surface area contributed by atoms with Crippen LogP contribution in [0.1, 0.15) is 25.5 Å². The first-order chi connectivity index (χ1) is 15.4. The lowest BCUT2D eigenvalue weighted by atomic mass is 9.95. The van der Waals surface area contributed by atoms with Gasteiger partial charge in [-0.1, -0.05) is 24.3 Å². The van der Waals surface area contributed by atoms with Gasteiger partial charge in [-0.25, -0.2) is 23.7 Å². The van der Waals surface area contributed by atoms with Crippen LogP contribution in [0.15, 0.2) is 65.6 Å². The molecule has 4 aromatic rings. The molecule has 0 aliphatic carbocycles. The fraction of sp³-hybridized carbons (Fsp3) is 0.217. The molecule has 4 heterocycles. The van der Waals surface area contributed by atoms with E-state index in [1.165, 1.54) is 23.0 Å². The van der Waals surface area contributed by atoms with E-state index in [1.807, 2.05) is 12.2 Å². The molecule has 162 valence electrons. The van der Waals surface area contributed by atoms with E-state index < -0.39 is 5.60 Å². The predicted octanol–water partition coefficient (Wildman–Crippen LogP) is 3.42. The molecule has 1 aromatic carbocycles. The fourth-order valence-electron chi connectivity index (χ4n) is 3.81. The predicted molar refractivity (Wildman–Crippen MR) is 119 cm³/mol. The number of allylic oxidation sites excluding steroid dienone is 2. The summed E-state index contributed by atoms with van der Waals surface area (Å²) < 4.78 is 16.7. The van der Waals surface area contributed by atoms with Crippen LogP contribution in [0.2, 0.25) is 0 Å². The summed E-state index contributed by atoms with van der Waals surface area (Å²) in [7, 11) is 0. The highest BCUT2D eigenvalue weighted by atomic mass is 19.1. The number of hydrogen-bond acceptors (Lipinski definition) is 6. The highest BCUT2D eigenvalue weighted by Crippen LogP contribution is 2.27. The van der Waals surface area contributed by atoms with Gasteiger partial charge in [-0.2, -0.15) is 4.98 Å². The van der Waals surface area contributed by atoms with E-state index >= 15 is 0 Å². The highest BCUT2D eigenvalue weighted by Gasteiger charge is 2.26. The molecule has 0 amide bonds. The van der Waals surface area contributed by atoms with Crippen LogP contribution in [-0.4, -0.2) is 29.4 Å². The van der Waals surface area contributed by atoms with Crippen molar-refractivity contribution in [1.29, 1.82) is 0 Å². The Bertz CT molecular complexity index is 1410. The number of rotatable bonds is 2. The summed E-state index contributed by atoms with van der Waals surface area (Å²) in [4.78, 5) is 26.6. The largest absolute Gasteiger partial charge is 0.384 e. The first-order valence-electron chi connectivity index (χ1n) is 10.3. The van der Waals surface area contributed by atoms with Gasteiger partial charge in [0.05, 0.1) is 12.2 Å². The molecule has 0 saturated heterocycles. The van der Waals surface area contributed by atoms with Gasteiger partial charge < -0.3 is 10.4 Å². The van der Waals surface area contributed by atoms with Crippen LogP contribution in [0.3, 0.4) is 0 Å². The maximum atomic E-state index is 13.6. The van der Waals surface area contributed by atoms with Crippen molar-refractivity contribution < 1.29 is 9.50 Å². The summed E-state index contributed by atoms with van der Waals surface area (Å²) in [5, 5.41) is 14.2. The minimum Gasteiger partial charge on any atom is -0.384 e. The van der Waals surface area contributed by atoms with Crippen LogP contribution in [0.5, 0.6) is 0 Å². The molecule has 0 saturated carbocycles. The summed E-state index contributed by atoms with van der Waals surface area (Å²) >= 11 is 0. The number of fused-ring (bicyclic) bond motifs is 6. The second-order valence-corrected chi connectivity index (χ2v) is 7.93. The maximum absolute atomic E-state index is 13.6. The number of hydrogen-bond donors (Lipinski definition) is 2. The van der Waals surface area contributed by atoms with Crippen LogP contribution in [0.4, 0.5) is 16.0 Å². The average Bonchev–Trinajstić information content (AvgIpc) is 3.03. The van der Waals surface area contributed by atoms with E-state index in [1.54, 1.807) is 41.9 Å². The maximum Gasteiger partial charge on any atom is 0.278 e. The highest BCUT2D eigenvalue weighted by molar-refractivity contribution is 5.77. The number of nitrogens with one attached hydrogen (secondary N) is 1. The first kappa shape index (κ1) is 20.1. The lowest BCUT2D eigenvalue weighted by Gasteiger charge is -2.22. The van der Waals surface area contributed by atoms with Gasteiger partial charge in [0, 0.05) is 11.9 Å². The van der Waals surface area contributed by atoms with Crippen molar-refractivity contribution in [1.82, 2.24) is 24.3 Å². The second kappa shape index (κ2) is 7.69. The quantitative estimate of drug-likeness (QED) is 0.471. The molecular weight excluding hydrogens is 411 g/mol. The van der Waals surface area contributed by atoms with E-state index in [9.17, 15) is 14.3 Å². The number of benzene rings is 1. The van der Waals surface area contributed by atoms with Crippen molar-refractivity contribution in [3.8, 4) is 5.82 Å². The van der Waals surface area contributed by atoms with E-state index in [0.29, 0.717) is 47.6 Å². The van der Waals surface area contributed by atoms with Crippen molar-refractivity contribution in [2.75, 3.05) is 5.32 Å². The monoisotopic (exact) mass is 432 g/mol. The Morgan fingerprint density at radius 3 is 2.84 bits per heavy atom. The molecule has 1 aliphatic heterocycles. The van der Waals surface area contributed by atoms with Crippen LogP contribution in [0.25, 0.3) is 16.9 Å². The molecule has 8 nitrogen and oxygen atoms in total. The van der Waals surface area contributed by atoms with Gasteiger partial charge in [-0.05, 0) is 50.1 Å². The van der Waals surface area contributed by atoms with Crippen molar-refractivity contribution in [2.45, 2.75) is 31.9 Å². The van der Waals surface area contributed by atoms with E-state index in [-0.39, 0.29) is 17.3 Å².